The highest BCUT2D eigenvalue weighted by molar-refractivity contribution is 4.81. The zero-order chi connectivity index (χ0) is 18.3. The average Bonchev–Trinajstić information content (AvgIpc) is 2.63. The lowest BCUT2D eigenvalue weighted by atomic mass is 10.1. The Morgan fingerprint density at radius 3 is 1.52 bits per heavy atom. The summed E-state index contributed by atoms with van der Waals surface area (Å²) in [4.78, 5) is 0. The van der Waals surface area contributed by atoms with Crippen molar-refractivity contribution < 1.29 is 0 Å². The van der Waals surface area contributed by atoms with Gasteiger partial charge in [-0.15, -0.1) is 0 Å². The minimum absolute atomic E-state index is 0.842. The van der Waals surface area contributed by atoms with Gasteiger partial charge in [-0.3, -0.25) is 0 Å². The molecule has 150 valence electrons. The van der Waals surface area contributed by atoms with Crippen LogP contribution in [-0.2, 0) is 0 Å². The summed E-state index contributed by atoms with van der Waals surface area (Å²) in [6.07, 6.45) is 28.0. The molecule has 0 amide bonds. The molecule has 0 radical (unpaired) electrons. The molecule has 0 fully saturated rings. The molecule has 0 saturated heterocycles. The summed E-state index contributed by atoms with van der Waals surface area (Å²) in [5.41, 5.74) is 5.49. The molecule has 0 rings (SSSR count). The Hall–Kier alpha value is -0.340. The summed E-state index contributed by atoms with van der Waals surface area (Å²) in [6.45, 7) is 5.50. The summed E-state index contributed by atoms with van der Waals surface area (Å²) in [5, 5.41) is 3.54. The van der Waals surface area contributed by atoms with Gasteiger partial charge in [0.2, 0.25) is 0 Å². The summed E-state index contributed by atoms with van der Waals surface area (Å²) >= 11 is 0. The average molecular weight is 353 g/mol. The van der Waals surface area contributed by atoms with Gasteiger partial charge in [-0.25, -0.2) is 0 Å². The fraction of sp³-hybridized carbons (Fsp3) is 0.913. The first kappa shape index (κ1) is 24.7. The van der Waals surface area contributed by atoms with Crippen molar-refractivity contribution in [3.8, 4) is 0 Å². The molecule has 0 heterocycles. The molecule has 0 aliphatic carbocycles. The highest BCUT2D eigenvalue weighted by atomic mass is 14.8. The van der Waals surface area contributed by atoms with Crippen molar-refractivity contribution in [3.63, 3.8) is 0 Å². The van der Waals surface area contributed by atoms with Gasteiger partial charge in [-0.2, -0.15) is 0 Å². The number of nitrogens with one attached hydrogen (secondary N) is 1. The zero-order valence-electron chi connectivity index (χ0n) is 17.4. The molecule has 25 heavy (non-hydrogen) atoms. The lowest BCUT2D eigenvalue weighted by Crippen LogP contribution is -2.16. The maximum Gasteiger partial charge on any atom is -0.00489 e. The molecule has 2 heteroatoms. The van der Waals surface area contributed by atoms with Crippen LogP contribution in [0.2, 0.25) is 0 Å². The second kappa shape index (κ2) is 23.7. The van der Waals surface area contributed by atoms with Crippen LogP contribution in [0.4, 0.5) is 0 Å². The van der Waals surface area contributed by atoms with E-state index in [0.29, 0.717) is 0 Å². The van der Waals surface area contributed by atoms with Crippen molar-refractivity contribution in [1.29, 1.82) is 0 Å². The lowest BCUT2D eigenvalue weighted by Gasteiger charge is -2.04. The van der Waals surface area contributed by atoms with Gasteiger partial charge < -0.3 is 11.1 Å². The van der Waals surface area contributed by atoms with Crippen molar-refractivity contribution in [1.82, 2.24) is 5.32 Å². The molecule has 0 atom stereocenters. The van der Waals surface area contributed by atoms with Crippen LogP contribution < -0.4 is 11.1 Å². The third kappa shape index (κ3) is 23.7. The number of unbranched alkanes of at least 4 members (excludes halogenated alkanes) is 14. The van der Waals surface area contributed by atoms with Gasteiger partial charge in [-0.05, 0) is 64.6 Å². The lowest BCUT2D eigenvalue weighted by molar-refractivity contribution is 0.551. The molecule has 0 bridgehead atoms. The molecule has 0 saturated carbocycles. The van der Waals surface area contributed by atoms with Gasteiger partial charge >= 0.3 is 0 Å². The predicted octanol–water partition coefficient (Wildman–Crippen LogP) is 6.74. The van der Waals surface area contributed by atoms with E-state index >= 15 is 0 Å². The van der Waals surface area contributed by atoms with Crippen LogP contribution in [0, 0.1) is 0 Å². The molecule has 2 nitrogen and oxygen atoms in total. The summed E-state index contributed by atoms with van der Waals surface area (Å²) in [6, 6.07) is 0. The van der Waals surface area contributed by atoms with Crippen LogP contribution in [0.3, 0.4) is 0 Å². The topological polar surface area (TPSA) is 38.0 Å². The van der Waals surface area contributed by atoms with Crippen molar-refractivity contribution in [2.75, 3.05) is 19.6 Å². The summed E-state index contributed by atoms with van der Waals surface area (Å²) < 4.78 is 0. The quantitative estimate of drug-likeness (QED) is 0.177. The third-order valence-electron chi connectivity index (χ3n) is 4.92. The highest BCUT2D eigenvalue weighted by Gasteiger charge is 1.92. The van der Waals surface area contributed by atoms with E-state index in [-0.39, 0.29) is 0 Å². The molecule has 0 aromatic heterocycles. The molecule has 3 N–H and O–H groups in total. The molecule has 0 aliphatic rings. The smallest absolute Gasteiger partial charge is 0.00489 e. The molecule has 0 spiro atoms. The SMILES string of the molecule is CCCCCCCCC=CCCCCCCCCNCCCCCN. The Labute approximate surface area is 159 Å². The first-order valence-corrected chi connectivity index (χ1v) is 11.5. The second-order valence-electron chi connectivity index (χ2n) is 7.54. The van der Waals surface area contributed by atoms with Gasteiger partial charge in [-0.1, -0.05) is 83.3 Å². The molecule has 0 aromatic rings. The summed E-state index contributed by atoms with van der Waals surface area (Å²) in [5.74, 6) is 0. The number of hydrogen-bond donors (Lipinski definition) is 2. The number of rotatable bonds is 21. The van der Waals surface area contributed by atoms with E-state index in [1.807, 2.05) is 0 Å². The van der Waals surface area contributed by atoms with Gasteiger partial charge in [0.25, 0.3) is 0 Å². The van der Waals surface area contributed by atoms with Crippen LogP contribution in [0.15, 0.2) is 12.2 Å². The Balaban J connectivity index is 3.03. The van der Waals surface area contributed by atoms with Crippen LogP contribution in [0.25, 0.3) is 0 Å². The maximum atomic E-state index is 5.49. The Morgan fingerprint density at radius 1 is 0.560 bits per heavy atom. The molecule has 0 aromatic carbocycles. The molecule has 0 unspecified atom stereocenters. The number of hydrogen-bond acceptors (Lipinski definition) is 2. The Kier molecular flexibility index (Phi) is 23.3. The number of allylic oxidation sites excluding steroid dienone is 2. The van der Waals surface area contributed by atoms with Gasteiger partial charge in [0.05, 0.1) is 0 Å². The van der Waals surface area contributed by atoms with Crippen LogP contribution >= 0.6 is 0 Å². The third-order valence-corrected chi connectivity index (χ3v) is 4.92. The second-order valence-corrected chi connectivity index (χ2v) is 7.54. The van der Waals surface area contributed by atoms with E-state index in [2.05, 4.69) is 24.4 Å². The summed E-state index contributed by atoms with van der Waals surface area (Å²) in [7, 11) is 0. The van der Waals surface area contributed by atoms with E-state index in [4.69, 9.17) is 5.73 Å². The Morgan fingerprint density at radius 2 is 1.00 bits per heavy atom. The van der Waals surface area contributed by atoms with E-state index in [1.54, 1.807) is 0 Å². The van der Waals surface area contributed by atoms with Gasteiger partial charge in [0.15, 0.2) is 0 Å². The zero-order valence-corrected chi connectivity index (χ0v) is 17.4. The van der Waals surface area contributed by atoms with E-state index < -0.39 is 0 Å². The van der Waals surface area contributed by atoms with Crippen LogP contribution in [0.5, 0.6) is 0 Å². The van der Waals surface area contributed by atoms with E-state index in [0.717, 1.165) is 6.54 Å². The minimum atomic E-state index is 0.842. The largest absolute Gasteiger partial charge is 0.330 e. The first-order chi connectivity index (χ1) is 12.4. The van der Waals surface area contributed by atoms with Gasteiger partial charge in [0, 0.05) is 0 Å². The molecular weight excluding hydrogens is 304 g/mol. The van der Waals surface area contributed by atoms with Gasteiger partial charge in [0.1, 0.15) is 0 Å². The van der Waals surface area contributed by atoms with E-state index in [9.17, 15) is 0 Å². The highest BCUT2D eigenvalue weighted by Crippen LogP contribution is 2.09. The normalized spacial score (nSPS) is 11.6. The Bertz CT molecular complexity index is 250. The standard InChI is InChI=1S/C23H48N2/c1-2-3-4-5-6-7-8-9-10-11-12-13-14-15-16-19-22-25-23-20-17-18-21-24/h9-10,25H,2-8,11-24H2,1H3. The van der Waals surface area contributed by atoms with Crippen LogP contribution in [-0.4, -0.2) is 19.6 Å². The van der Waals surface area contributed by atoms with Crippen molar-refractivity contribution in [2.24, 2.45) is 5.73 Å². The molecule has 0 aliphatic heterocycles. The molecular formula is C23H48N2. The maximum absolute atomic E-state index is 5.49. The minimum Gasteiger partial charge on any atom is -0.330 e. The first-order valence-electron chi connectivity index (χ1n) is 11.5. The fourth-order valence-corrected chi connectivity index (χ4v) is 3.19. The van der Waals surface area contributed by atoms with Crippen molar-refractivity contribution >= 4 is 0 Å². The van der Waals surface area contributed by atoms with Crippen molar-refractivity contribution in [3.05, 3.63) is 12.2 Å². The monoisotopic (exact) mass is 352 g/mol. The van der Waals surface area contributed by atoms with Crippen LogP contribution in [0.1, 0.15) is 116 Å². The fourth-order valence-electron chi connectivity index (χ4n) is 3.19. The number of nitrogens with two attached hydrogens (primary N) is 1. The van der Waals surface area contributed by atoms with E-state index in [1.165, 1.54) is 122 Å². The predicted molar refractivity (Wildman–Crippen MR) is 115 cm³/mol. The van der Waals surface area contributed by atoms with Crippen molar-refractivity contribution in [2.45, 2.75) is 116 Å².